The van der Waals surface area contributed by atoms with Crippen molar-refractivity contribution in [2.24, 2.45) is 0 Å². The molecule has 0 saturated heterocycles. The van der Waals surface area contributed by atoms with Crippen LogP contribution in [0.4, 0.5) is 0 Å². The molecule has 0 heterocycles. The van der Waals surface area contributed by atoms with Crippen LogP contribution in [0, 0.1) is 0 Å². The molecule has 6 heteroatoms. The van der Waals surface area contributed by atoms with E-state index in [1.807, 2.05) is 0 Å². The van der Waals surface area contributed by atoms with Crippen molar-refractivity contribution < 1.29 is 158 Å². The summed E-state index contributed by atoms with van der Waals surface area (Å²) in [5, 5.41) is 16.5. The molecule has 0 rings (SSSR count). The Bertz CT molecular complexity index is 33.0. The summed E-state index contributed by atoms with van der Waals surface area (Å²) in [4.78, 5) is 16.5. The van der Waals surface area contributed by atoms with E-state index < -0.39 is 12.9 Å². The van der Waals surface area contributed by atoms with Crippen molar-refractivity contribution >= 4 is 12.9 Å². The molecular weight excluding hydrogens is 354 g/mol. The maximum atomic E-state index is 8.25. The van der Waals surface area contributed by atoms with Gasteiger partial charge in [0.05, 0.1) is 0 Å². The van der Waals surface area contributed by atoms with Crippen molar-refractivity contribution in [1.29, 1.82) is 0 Å². The summed E-state index contributed by atoms with van der Waals surface area (Å²) in [7, 11) is 0. The Labute approximate surface area is 165 Å². The second-order valence-corrected chi connectivity index (χ2v) is 0.192. The Balaban J connectivity index is -0.0000000160. The van der Waals surface area contributed by atoms with Gasteiger partial charge in [-0.25, -0.2) is 0 Å². The van der Waals surface area contributed by atoms with Gasteiger partial charge in [-0.2, -0.15) is 0 Å². The van der Waals surface area contributed by atoms with Gasteiger partial charge in [0.25, 0.3) is 0 Å². The average molecular weight is 356 g/mol. The Morgan fingerprint density at radius 1 is 0.875 bits per heavy atom. The van der Waals surface area contributed by atoms with E-state index in [2.05, 4.69) is 0 Å². The maximum Gasteiger partial charge on any atom is 1.00 e. The predicted octanol–water partition coefficient (Wildman–Crippen LogP) is -9.26. The van der Waals surface area contributed by atoms with E-state index in [1.54, 1.807) is 0 Å². The van der Waals surface area contributed by atoms with Crippen LogP contribution in [-0.4, -0.2) is 12.9 Å². The molecule has 0 aromatic heterocycles. The molecule has 0 radical (unpaired) electrons. The van der Waals surface area contributed by atoms with Gasteiger partial charge in [-0.05, 0) is 0 Å². The van der Waals surface area contributed by atoms with Crippen LogP contribution < -0.4 is 148 Å². The Kier molecular flexibility index (Phi) is 90.6. The molecule has 0 aliphatic heterocycles. The van der Waals surface area contributed by atoms with Gasteiger partial charge in [0.1, 0.15) is 0 Å². The third-order valence-electron chi connectivity index (χ3n) is 0. The Morgan fingerprint density at radius 3 is 0.875 bits per heavy atom. The molecule has 0 aromatic carbocycles. The molecule has 0 fully saturated rings. The van der Waals surface area contributed by atoms with Crippen LogP contribution in [0.3, 0.4) is 0 Å². The minimum Gasteiger partial charge on any atom is -0.554 e. The third-order valence-corrected chi connectivity index (χ3v) is 0. The topological polar surface area (TPSA) is 80.3 Å². The second kappa shape index (κ2) is 32.3. The molecule has 0 saturated carbocycles. The van der Waals surface area contributed by atoms with Crippen molar-refractivity contribution in [3.8, 4) is 0 Å². The molecule has 0 atom stereocenters. The summed E-state index contributed by atoms with van der Waals surface area (Å²) in [6, 6.07) is 0. The number of hydrogen-bond donors (Lipinski definition) is 0. The summed E-state index contributed by atoms with van der Waals surface area (Å²) in [5.41, 5.74) is 0. The van der Waals surface area contributed by atoms with Crippen molar-refractivity contribution in [2.45, 2.75) is 0 Å². The van der Waals surface area contributed by atoms with Crippen LogP contribution in [0.5, 0.6) is 0 Å². The predicted molar refractivity (Wildman–Crippen MR) is 12.1 cm³/mol. The van der Waals surface area contributed by atoms with E-state index in [-0.39, 0.29) is 138 Å². The van der Waals surface area contributed by atoms with Crippen LogP contribution in [0.25, 0.3) is 0 Å². The number of rotatable bonds is 0. The largest absolute Gasteiger partial charge is 1.00 e. The van der Waals surface area contributed by atoms with Crippen molar-refractivity contribution in [3.05, 3.63) is 0 Å². The SMILES string of the molecule is O=C[O-].O=C[O-].[Cs+].[Cs+]. The quantitative estimate of drug-likeness (QED) is 0.404. The van der Waals surface area contributed by atoms with Crippen LogP contribution in [0.15, 0.2) is 0 Å². The fraction of sp³-hybridized carbons (Fsp3) is 0. The number of carbonyl (C=O) groups excluding carboxylic acids is 2. The van der Waals surface area contributed by atoms with Crippen LogP contribution in [0.2, 0.25) is 0 Å². The van der Waals surface area contributed by atoms with Crippen molar-refractivity contribution in [2.75, 3.05) is 0 Å². The van der Waals surface area contributed by atoms with Gasteiger partial charge in [-0.15, -0.1) is 0 Å². The molecule has 0 amide bonds. The first-order chi connectivity index (χ1) is 2.83. The first-order valence-corrected chi connectivity index (χ1v) is 0.943. The second-order valence-electron chi connectivity index (χ2n) is 0.192. The minimum atomic E-state index is -0.500. The van der Waals surface area contributed by atoms with E-state index in [1.165, 1.54) is 0 Å². The van der Waals surface area contributed by atoms with Crippen LogP contribution in [0.1, 0.15) is 0 Å². The van der Waals surface area contributed by atoms with Gasteiger partial charge < -0.3 is 19.8 Å². The zero-order chi connectivity index (χ0) is 5.41. The molecular formula is C2H2Cs2O4. The number of carbonyl (C=O) groups is 2. The van der Waals surface area contributed by atoms with E-state index in [0.717, 1.165) is 0 Å². The number of hydrogen-bond acceptors (Lipinski definition) is 4. The van der Waals surface area contributed by atoms with Gasteiger partial charge >= 0.3 is 138 Å². The molecule has 4 nitrogen and oxygen atoms in total. The van der Waals surface area contributed by atoms with Crippen LogP contribution in [-0.2, 0) is 9.59 Å². The van der Waals surface area contributed by atoms with Crippen molar-refractivity contribution in [1.82, 2.24) is 0 Å². The zero-order valence-electron chi connectivity index (χ0n) is 4.79. The standard InChI is InChI=1S/2CH2O2.2Cs/c2*2-1-3;;/h2*1H,(H,2,3);;/q;;2*+1/p-2. The van der Waals surface area contributed by atoms with E-state index in [9.17, 15) is 0 Å². The molecule has 8 heavy (non-hydrogen) atoms. The monoisotopic (exact) mass is 356 g/mol. The first-order valence-electron chi connectivity index (χ1n) is 0.943. The molecule has 0 N–H and O–H groups in total. The minimum absolute atomic E-state index is 0. The first kappa shape index (κ1) is 22.5. The molecule has 0 unspecified atom stereocenters. The van der Waals surface area contributed by atoms with Gasteiger partial charge in [-0.3, -0.25) is 0 Å². The Hall–Kier alpha value is 3.04. The van der Waals surface area contributed by atoms with E-state index in [4.69, 9.17) is 19.8 Å². The Morgan fingerprint density at radius 2 is 0.875 bits per heavy atom. The van der Waals surface area contributed by atoms with Crippen molar-refractivity contribution in [3.63, 3.8) is 0 Å². The fourth-order valence-electron chi connectivity index (χ4n) is 0. The van der Waals surface area contributed by atoms with Crippen LogP contribution >= 0.6 is 0 Å². The van der Waals surface area contributed by atoms with Gasteiger partial charge in [0.15, 0.2) is 0 Å². The van der Waals surface area contributed by atoms with E-state index >= 15 is 0 Å². The third kappa shape index (κ3) is 63.2. The summed E-state index contributed by atoms with van der Waals surface area (Å²) in [6.45, 7) is -1.00. The zero-order valence-corrected chi connectivity index (χ0v) is 17.3. The molecule has 0 spiro atoms. The van der Waals surface area contributed by atoms with Gasteiger partial charge in [-0.1, -0.05) is 0 Å². The maximum absolute atomic E-state index is 8.25. The normalized spacial score (nSPS) is 3.00. The molecule has 0 bridgehead atoms. The molecule has 36 valence electrons. The summed E-state index contributed by atoms with van der Waals surface area (Å²) in [6.07, 6.45) is 0. The number of carboxylic acid groups (broad SMARTS) is 2. The van der Waals surface area contributed by atoms with E-state index in [0.29, 0.717) is 0 Å². The molecule has 0 aliphatic carbocycles. The van der Waals surface area contributed by atoms with Gasteiger partial charge in [0.2, 0.25) is 0 Å². The summed E-state index contributed by atoms with van der Waals surface area (Å²) >= 11 is 0. The smallest absolute Gasteiger partial charge is 0.554 e. The van der Waals surface area contributed by atoms with Gasteiger partial charge in [0, 0.05) is 12.9 Å². The average Bonchev–Trinajstić information content (AvgIpc) is 1.39. The molecule has 0 aromatic rings. The molecule has 0 aliphatic rings. The summed E-state index contributed by atoms with van der Waals surface area (Å²) < 4.78 is 0. The fourth-order valence-corrected chi connectivity index (χ4v) is 0. The summed E-state index contributed by atoms with van der Waals surface area (Å²) in [5.74, 6) is 0.